The van der Waals surface area contributed by atoms with Crippen LogP contribution in [-0.4, -0.2) is 28.8 Å². The summed E-state index contributed by atoms with van der Waals surface area (Å²) >= 11 is 0. The van der Waals surface area contributed by atoms with Crippen molar-refractivity contribution in [2.75, 3.05) is 6.54 Å². The quantitative estimate of drug-likeness (QED) is 0.846. The van der Waals surface area contributed by atoms with E-state index in [1.165, 1.54) is 4.31 Å². The lowest BCUT2D eigenvalue weighted by atomic mass is 10.2. The SMILES string of the molecule is Cc1ccc(S(=O)(=O)N2CCn3ccnc3C2)c(C)c1. The number of fused-ring (bicyclic) bond motifs is 1. The van der Waals surface area contributed by atoms with Crippen LogP contribution in [0.4, 0.5) is 0 Å². The van der Waals surface area contributed by atoms with Crippen molar-refractivity contribution in [1.82, 2.24) is 13.9 Å². The van der Waals surface area contributed by atoms with Crippen LogP contribution < -0.4 is 0 Å². The van der Waals surface area contributed by atoms with Crippen molar-refractivity contribution >= 4 is 10.0 Å². The van der Waals surface area contributed by atoms with Gasteiger partial charge in [0, 0.05) is 25.5 Å². The molecule has 1 aromatic heterocycles. The maximum absolute atomic E-state index is 12.7. The summed E-state index contributed by atoms with van der Waals surface area (Å²) in [4.78, 5) is 4.60. The van der Waals surface area contributed by atoms with E-state index in [9.17, 15) is 8.42 Å². The molecule has 0 aliphatic carbocycles. The summed E-state index contributed by atoms with van der Waals surface area (Å²) in [5.74, 6) is 0.796. The zero-order valence-electron chi connectivity index (χ0n) is 11.6. The minimum absolute atomic E-state index is 0.336. The highest BCUT2D eigenvalue weighted by molar-refractivity contribution is 7.89. The molecule has 2 aromatic rings. The molecule has 1 aromatic carbocycles. The van der Waals surface area contributed by atoms with E-state index in [2.05, 4.69) is 4.98 Å². The first-order valence-corrected chi connectivity index (χ1v) is 8.00. The molecule has 0 saturated heterocycles. The zero-order chi connectivity index (χ0) is 14.3. The average molecular weight is 291 g/mol. The van der Waals surface area contributed by atoms with Crippen molar-refractivity contribution in [3.8, 4) is 0 Å². The summed E-state index contributed by atoms with van der Waals surface area (Å²) < 4.78 is 29.0. The first-order valence-electron chi connectivity index (χ1n) is 6.56. The minimum Gasteiger partial charge on any atom is -0.333 e. The molecule has 3 rings (SSSR count). The molecule has 0 amide bonds. The van der Waals surface area contributed by atoms with Crippen molar-refractivity contribution < 1.29 is 8.42 Å². The van der Waals surface area contributed by atoms with Gasteiger partial charge in [-0.3, -0.25) is 0 Å². The molecule has 0 spiro atoms. The second-order valence-electron chi connectivity index (χ2n) is 5.14. The number of sulfonamides is 1. The minimum atomic E-state index is -3.45. The van der Waals surface area contributed by atoms with E-state index in [-0.39, 0.29) is 0 Å². The first-order chi connectivity index (χ1) is 9.48. The molecule has 20 heavy (non-hydrogen) atoms. The van der Waals surface area contributed by atoms with E-state index in [1.807, 2.05) is 36.7 Å². The molecule has 106 valence electrons. The maximum Gasteiger partial charge on any atom is 0.243 e. The van der Waals surface area contributed by atoms with Crippen LogP contribution in [0.15, 0.2) is 35.5 Å². The van der Waals surface area contributed by atoms with E-state index >= 15 is 0 Å². The van der Waals surface area contributed by atoms with E-state index < -0.39 is 10.0 Å². The van der Waals surface area contributed by atoms with Crippen LogP contribution in [0.1, 0.15) is 17.0 Å². The second kappa shape index (κ2) is 4.71. The highest BCUT2D eigenvalue weighted by atomic mass is 32.2. The Bertz CT molecular complexity index is 750. The number of rotatable bonds is 2. The monoisotopic (exact) mass is 291 g/mol. The molecule has 6 heteroatoms. The molecule has 0 saturated carbocycles. The summed E-state index contributed by atoms with van der Waals surface area (Å²) in [5, 5.41) is 0. The van der Waals surface area contributed by atoms with Gasteiger partial charge < -0.3 is 4.57 Å². The van der Waals surface area contributed by atoms with Gasteiger partial charge in [-0.15, -0.1) is 0 Å². The third-order valence-electron chi connectivity index (χ3n) is 3.66. The number of imidazole rings is 1. The van der Waals surface area contributed by atoms with Crippen LogP contribution in [0.25, 0.3) is 0 Å². The third kappa shape index (κ3) is 2.14. The van der Waals surface area contributed by atoms with Gasteiger partial charge in [-0.25, -0.2) is 13.4 Å². The first kappa shape index (κ1) is 13.3. The Morgan fingerprint density at radius 3 is 2.75 bits per heavy atom. The molecular formula is C14H17N3O2S. The van der Waals surface area contributed by atoms with Gasteiger partial charge in [-0.1, -0.05) is 17.7 Å². The molecule has 1 aliphatic rings. The number of nitrogens with zero attached hydrogens (tertiary/aromatic N) is 3. The Hall–Kier alpha value is -1.66. The number of benzene rings is 1. The predicted octanol–water partition coefficient (Wildman–Crippen LogP) is 1.70. The van der Waals surface area contributed by atoms with Crippen LogP contribution in [0.5, 0.6) is 0 Å². The van der Waals surface area contributed by atoms with E-state index in [0.717, 1.165) is 17.0 Å². The molecule has 1 aliphatic heterocycles. The topological polar surface area (TPSA) is 55.2 Å². The standard InChI is InChI=1S/C14H17N3O2S/c1-11-3-4-13(12(2)9-11)20(18,19)17-8-7-16-6-5-15-14(16)10-17/h3-6,9H,7-8,10H2,1-2H3. The van der Waals surface area contributed by atoms with Gasteiger partial charge in [0.25, 0.3) is 0 Å². The highest BCUT2D eigenvalue weighted by Gasteiger charge is 2.29. The van der Waals surface area contributed by atoms with Crippen molar-refractivity contribution in [2.24, 2.45) is 0 Å². The summed E-state index contributed by atoms with van der Waals surface area (Å²) in [5.41, 5.74) is 1.86. The van der Waals surface area contributed by atoms with E-state index in [1.54, 1.807) is 12.3 Å². The molecule has 0 unspecified atom stereocenters. The van der Waals surface area contributed by atoms with Gasteiger partial charge in [0.1, 0.15) is 5.82 Å². The molecule has 0 radical (unpaired) electrons. The van der Waals surface area contributed by atoms with E-state index in [4.69, 9.17) is 0 Å². The third-order valence-corrected chi connectivity index (χ3v) is 5.66. The fraction of sp³-hybridized carbons (Fsp3) is 0.357. The predicted molar refractivity (Wildman–Crippen MR) is 75.7 cm³/mol. The number of aryl methyl sites for hydroxylation is 2. The fourth-order valence-electron chi connectivity index (χ4n) is 2.58. The van der Waals surface area contributed by atoms with Gasteiger partial charge >= 0.3 is 0 Å². The molecular weight excluding hydrogens is 274 g/mol. The van der Waals surface area contributed by atoms with Crippen molar-refractivity contribution in [2.45, 2.75) is 31.8 Å². The number of hydrogen-bond donors (Lipinski definition) is 0. The summed E-state index contributed by atoms with van der Waals surface area (Å²) in [6.45, 7) is 5.27. The summed E-state index contributed by atoms with van der Waals surface area (Å²) in [6.07, 6.45) is 3.60. The van der Waals surface area contributed by atoms with E-state index in [0.29, 0.717) is 24.5 Å². The molecule has 0 N–H and O–H groups in total. The Morgan fingerprint density at radius 1 is 1.20 bits per heavy atom. The Balaban J connectivity index is 1.97. The van der Waals surface area contributed by atoms with Crippen LogP contribution in [0.2, 0.25) is 0 Å². The molecule has 2 heterocycles. The van der Waals surface area contributed by atoms with Gasteiger partial charge in [0.05, 0.1) is 11.4 Å². The fourth-order valence-corrected chi connectivity index (χ4v) is 4.18. The lowest BCUT2D eigenvalue weighted by Crippen LogP contribution is -2.38. The number of aromatic nitrogens is 2. The lowest BCUT2D eigenvalue weighted by Gasteiger charge is -2.27. The molecule has 5 nitrogen and oxygen atoms in total. The largest absolute Gasteiger partial charge is 0.333 e. The molecule has 0 bridgehead atoms. The zero-order valence-corrected chi connectivity index (χ0v) is 12.4. The molecule has 0 atom stereocenters. The maximum atomic E-state index is 12.7. The lowest BCUT2D eigenvalue weighted by molar-refractivity contribution is 0.335. The number of hydrogen-bond acceptors (Lipinski definition) is 3. The van der Waals surface area contributed by atoms with Crippen LogP contribution in [0.3, 0.4) is 0 Å². The Kier molecular flexibility index (Phi) is 3.14. The van der Waals surface area contributed by atoms with Gasteiger partial charge in [0.15, 0.2) is 0 Å². The molecule has 0 fully saturated rings. The van der Waals surface area contributed by atoms with Crippen LogP contribution >= 0.6 is 0 Å². The second-order valence-corrected chi connectivity index (χ2v) is 7.05. The average Bonchev–Trinajstić information content (AvgIpc) is 2.85. The van der Waals surface area contributed by atoms with Crippen LogP contribution in [0, 0.1) is 13.8 Å². The van der Waals surface area contributed by atoms with Crippen molar-refractivity contribution in [3.63, 3.8) is 0 Å². The Labute approximate surface area is 118 Å². The van der Waals surface area contributed by atoms with Crippen molar-refractivity contribution in [3.05, 3.63) is 47.5 Å². The summed E-state index contributed by atoms with van der Waals surface area (Å²) in [7, 11) is -3.45. The van der Waals surface area contributed by atoms with Gasteiger partial charge in [-0.05, 0) is 25.5 Å². The highest BCUT2D eigenvalue weighted by Crippen LogP contribution is 2.24. The van der Waals surface area contributed by atoms with Gasteiger partial charge in [-0.2, -0.15) is 4.31 Å². The Morgan fingerprint density at radius 2 is 2.00 bits per heavy atom. The van der Waals surface area contributed by atoms with Crippen LogP contribution in [-0.2, 0) is 23.1 Å². The smallest absolute Gasteiger partial charge is 0.243 e. The summed E-state index contributed by atoms with van der Waals surface area (Å²) in [6, 6.07) is 5.43. The van der Waals surface area contributed by atoms with Gasteiger partial charge in [0.2, 0.25) is 10.0 Å². The normalized spacial score (nSPS) is 16.1. The van der Waals surface area contributed by atoms with Crippen molar-refractivity contribution in [1.29, 1.82) is 0 Å².